The van der Waals surface area contributed by atoms with Crippen LogP contribution in [0.15, 0.2) is 48.5 Å². The highest BCUT2D eigenvalue weighted by Gasteiger charge is 2.40. The Hall–Kier alpha value is -3.20. The van der Waals surface area contributed by atoms with Gasteiger partial charge >= 0.3 is 0 Å². The molecular formula is C27H30F2N4O2S. The van der Waals surface area contributed by atoms with E-state index < -0.39 is 16.5 Å². The molecule has 2 heterocycles. The minimum atomic E-state index is -0.439. The predicted molar refractivity (Wildman–Crippen MR) is 139 cm³/mol. The van der Waals surface area contributed by atoms with Crippen molar-refractivity contribution in [3.8, 4) is 5.69 Å². The van der Waals surface area contributed by atoms with E-state index in [9.17, 15) is 18.4 Å². The largest absolute Gasteiger partial charge is 0.355 e. The number of aromatic nitrogens is 2. The van der Waals surface area contributed by atoms with Gasteiger partial charge in [-0.05, 0) is 48.4 Å². The molecule has 1 aliphatic heterocycles. The first-order valence-corrected chi connectivity index (χ1v) is 13.0. The van der Waals surface area contributed by atoms with Crippen LogP contribution in [-0.4, -0.2) is 40.4 Å². The number of hydrogen-bond donors (Lipinski definition) is 1. The second-order valence-electron chi connectivity index (χ2n) is 9.80. The molecule has 1 aromatic heterocycles. The number of rotatable bonds is 6. The smallest absolute Gasteiger partial charge is 0.240 e. The van der Waals surface area contributed by atoms with Crippen molar-refractivity contribution in [2.45, 2.75) is 44.8 Å². The van der Waals surface area contributed by atoms with Crippen LogP contribution in [0.5, 0.6) is 0 Å². The van der Waals surface area contributed by atoms with E-state index in [2.05, 4.69) is 5.32 Å². The Morgan fingerprint density at radius 3 is 2.50 bits per heavy atom. The molecule has 2 aromatic carbocycles. The van der Waals surface area contributed by atoms with Gasteiger partial charge in [-0.15, -0.1) is 11.8 Å². The Balaban J connectivity index is 1.99. The van der Waals surface area contributed by atoms with E-state index in [-0.39, 0.29) is 29.9 Å². The minimum absolute atomic E-state index is 0.101. The Morgan fingerprint density at radius 1 is 1.14 bits per heavy atom. The van der Waals surface area contributed by atoms with Gasteiger partial charge < -0.3 is 5.32 Å². The van der Waals surface area contributed by atoms with Crippen molar-refractivity contribution in [3.63, 3.8) is 0 Å². The van der Waals surface area contributed by atoms with Gasteiger partial charge in [-0.1, -0.05) is 39.8 Å². The molecule has 0 bridgehead atoms. The molecule has 1 N–H and O–H groups in total. The number of fused-ring (bicyclic) bond motifs is 1. The highest BCUT2D eigenvalue weighted by atomic mass is 32.2. The molecule has 6 nitrogen and oxygen atoms in total. The normalized spacial score (nSPS) is 16.0. The van der Waals surface area contributed by atoms with E-state index in [4.69, 9.17) is 5.10 Å². The number of halogens is 2. The summed E-state index contributed by atoms with van der Waals surface area (Å²) in [4.78, 5) is 27.7. The molecule has 0 aliphatic carbocycles. The molecule has 1 atom stereocenters. The molecule has 0 radical (unpaired) electrons. The van der Waals surface area contributed by atoms with E-state index >= 15 is 0 Å². The van der Waals surface area contributed by atoms with Gasteiger partial charge in [-0.25, -0.2) is 13.5 Å². The minimum Gasteiger partial charge on any atom is -0.355 e. The average molecular weight is 513 g/mol. The zero-order chi connectivity index (χ0) is 26.0. The number of hydrogen-bond acceptors (Lipinski definition) is 4. The van der Waals surface area contributed by atoms with Crippen molar-refractivity contribution in [1.82, 2.24) is 15.1 Å². The molecule has 0 saturated carbocycles. The fourth-order valence-electron chi connectivity index (χ4n) is 4.23. The number of benzene rings is 2. The van der Waals surface area contributed by atoms with Crippen molar-refractivity contribution in [3.05, 3.63) is 77.0 Å². The van der Waals surface area contributed by atoms with Crippen LogP contribution in [0, 0.1) is 11.6 Å². The fourth-order valence-corrected chi connectivity index (χ4v) is 5.42. The lowest BCUT2D eigenvalue weighted by Crippen LogP contribution is -2.42. The number of anilines is 1. The molecule has 1 unspecified atom stereocenters. The van der Waals surface area contributed by atoms with Crippen LogP contribution in [0.1, 0.15) is 56.2 Å². The van der Waals surface area contributed by atoms with Crippen molar-refractivity contribution in [1.29, 1.82) is 0 Å². The molecule has 0 fully saturated rings. The maximum Gasteiger partial charge on any atom is 0.240 e. The zero-order valence-electron chi connectivity index (χ0n) is 20.8. The Bertz CT molecular complexity index is 1270. The van der Waals surface area contributed by atoms with Crippen molar-refractivity contribution >= 4 is 29.4 Å². The van der Waals surface area contributed by atoms with Gasteiger partial charge in [-0.2, -0.15) is 5.10 Å². The maximum absolute atomic E-state index is 14.3. The second kappa shape index (κ2) is 10.4. The van der Waals surface area contributed by atoms with Crippen LogP contribution in [0.4, 0.5) is 14.6 Å². The van der Waals surface area contributed by atoms with Crippen molar-refractivity contribution in [2.24, 2.45) is 0 Å². The lowest BCUT2D eigenvalue weighted by Gasteiger charge is -2.24. The van der Waals surface area contributed by atoms with Crippen LogP contribution in [-0.2, 0) is 15.0 Å². The Labute approximate surface area is 214 Å². The molecule has 36 heavy (non-hydrogen) atoms. The number of carbonyl (C=O) groups excluding carboxylic acids is 2. The lowest BCUT2D eigenvalue weighted by atomic mass is 9.87. The maximum atomic E-state index is 14.3. The monoisotopic (exact) mass is 512 g/mol. The molecule has 9 heteroatoms. The quantitative estimate of drug-likeness (QED) is 0.497. The highest BCUT2D eigenvalue weighted by Crippen LogP contribution is 2.48. The van der Waals surface area contributed by atoms with Crippen LogP contribution >= 0.6 is 11.8 Å². The first-order chi connectivity index (χ1) is 17.1. The van der Waals surface area contributed by atoms with Crippen molar-refractivity contribution in [2.75, 3.05) is 23.7 Å². The predicted octanol–water partition coefficient (Wildman–Crippen LogP) is 5.14. The van der Waals surface area contributed by atoms with E-state index in [0.29, 0.717) is 23.6 Å². The summed E-state index contributed by atoms with van der Waals surface area (Å²) in [7, 11) is 0. The molecule has 1 aliphatic rings. The van der Waals surface area contributed by atoms with Crippen molar-refractivity contribution < 1.29 is 18.4 Å². The van der Waals surface area contributed by atoms with E-state index in [0.717, 1.165) is 17.7 Å². The van der Waals surface area contributed by atoms with Gasteiger partial charge in [0.2, 0.25) is 11.8 Å². The van der Waals surface area contributed by atoms with Crippen LogP contribution in [0.25, 0.3) is 5.69 Å². The Kier molecular flexibility index (Phi) is 7.49. The summed E-state index contributed by atoms with van der Waals surface area (Å²) in [5.41, 5.74) is 2.29. The SMILES string of the molecule is CCCNC(=O)CN1C(=O)CSC(c2cccc(F)c2)c2c(C(C)(C)C)nn(-c3ccc(F)cc3)c21. The standard InChI is InChI=1S/C27H30F2N4O2S/c1-5-13-30-21(34)15-32-22(35)16-36-24(17-7-6-8-19(29)14-17)23-25(27(2,3)4)31-33(26(23)32)20-11-9-18(28)10-12-20/h6-12,14,24H,5,13,15-16H2,1-4H3,(H,30,34). The molecule has 190 valence electrons. The summed E-state index contributed by atoms with van der Waals surface area (Å²) >= 11 is 1.38. The van der Waals surface area contributed by atoms with Gasteiger partial charge in [0.1, 0.15) is 24.0 Å². The number of thioether (sulfide) groups is 1. The van der Waals surface area contributed by atoms with Crippen LogP contribution in [0.2, 0.25) is 0 Å². The first kappa shape index (κ1) is 25.9. The third-order valence-corrected chi connectivity index (χ3v) is 7.15. The van der Waals surface area contributed by atoms with Gasteiger partial charge in [0.25, 0.3) is 0 Å². The molecule has 4 rings (SSSR count). The first-order valence-electron chi connectivity index (χ1n) is 11.9. The van der Waals surface area contributed by atoms with Gasteiger partial charge in [0.05, 0.1) is 22.4 Å². The van der Waals surface area contributed by atoms with E-state index in [1.807, 2.05) is 33.8 Å². The van der Waals surface area contributed by atoms with Crippen LogP contribution < -0.4 is 10.2 Å². The number of carbonyl (C=O) groups is 2. The van der Waals surface area contributed by atoms with Gasteiger partial charge in [0.15, 0.2) is 0 Å². The van der Waals surface area contributed by atoms with Gasteiger partial charge in [0, 0.05) is 17.5 Å². The molecule has 0 spiro atoms. The lowest BCUT2D eigenvalue weighted by molar-refractivity contribution is -0.122. The van der Waals surface area contributed by atoms with Crippen LogP contribution in [0.3, 0.4) is 0 Å². The molecule has 0 saturated heterocycles. The number of amides is 2. The van der Waals surface area contributed by atoms with Gasteiger partial charge in [-0.3, -0.25) is 14.5 Å². The molecule has 3 aromatic rings. The molecule has 2 amide bonds. The third-order valence-electron chi connectivity index (χ3n) is 5.90. The third kappa shape index (κ3) is 5.31. The summed E-state index contributed by atoms with van der Waals surface area (Å²) < 4.78 is 29.7. The highest BCUT2D eigenvalue weighted by molar-refractivity contribution is 8.00. The van der Waals surface area contributed by atoms with E-state index in [1.54, 1.807) is 22.9 Å². The Morgan fingerprint density at radius 2 is 1.86 bits per heavy atom. The number of nitrogens with zero attached hydrogens (tertiary/aromatic N) is 3. The average Bonchev–Trinajstić information content (AvgIpc) is 3.16. The summed E-state index contributed by atoms with van der Waals surface area (Å²) in [6.07, 6.45) is 0.768. The fraction of sp³-hybridized carbons (Fsp3) is 0.370. The summed E-state index contributed by atoms with van der Waals surface area (Å²) in [6.45, 7) is 8.32. The topological polar surface area (TPSA) is 67.2 Å². The summed E-state index contributed by atoms with van der Waals surface area (Å²) in [5, 5.41) is 7.36. The molecular weight excluding hydrogens is 482 g/mol. The zero-order valence-corrected chi connectivity index (χ0v) is 21.7. The number of nitrogens with one attached hydrogen (secondary N) is 1. The van der Waals surface area contributed by atoms with E-state index in [1.165, 1.54) is 40.9 Å². The summed E-state index contributed by atoms with van der Waals surface area (Å²) in [6, 6.07) is 12.2. The second-order valence-corrected chi connectivity index (χ2v) is 10.9. The summed E-state index contributed by atoms with van der Waals surface area (Å²) in [5.74, 6) is -0.756.